The molecule has 1 saturated heterocycles. The van der Waals surface area contributed by atoms with Crippen LogP contribution in [0.15, 0.2) is 48.6 Å². The van der Waals surface area contributed by atoms with Crippen LogP contribution in [0.2, 0.25) is 0 Å². The summed E-state index contributed by atoms with van der Waals surface area (Å²) in [6.07, 6.45) is 59.6. The molecule has 7 unspecified atom stereocenters. The van der Waals surface area contributed by atoms with Crippen LogP contribution in [0.3, 0.4) is 0 Å². The van der Waals surface area contributed by atoms with Gasteiger partial charge in [0.05, 0.1) is 25.4 Å². The quantitative estimate of drug-likeness (QED) is 0.0261. The van der Waals surface area contributed by atoms with Gasteiger partial charge in [0.25, 0.3) is 0 Å². The lowest BCUT2D eigenvalue weighted by atomic mass is 9.99. The minimum atomic E-state index is -1.55. The van der Waals surface area contributed by atoms with E-state index >= 15 is 0 Å². The zero-order valence-electron chi connectivity index (χ0n) is 44.8. The van der Waals surface area contributed by atoms with E-state index in [9.17, 15) is 30.3 Å². The van der Waals surface area contributed by atoms with Gasteiger partial charge in [-0.15, -0.1) is 0 Å². The highest BCUT2D eigenvalue weighted by molar-refractivity contribution is 5.76. The molecule has 9 heteroatoms. The third kappa shape index (κ3) is 39.4. The molecule has 0 aliphatic carbocycles. The van der Waals surface area contributed by atoms with E-state index in [2.05, 4.69) is 67.8 Å². The molecule has 9 nitrogen and oxygen atoms in total. The number of aliphatic hydroxyl groups excluding tert-OH is 5. The molecule has 1 heterocycles. The van der Waals surface area contributed by atoms with Crippen LogP contribution in [0.4, 0.5) is 0 Å². The van der Waals surface area contributed by atoms with Crippen molar-refractivity contribution in [2.75, 3.05) is 13.2 Å². The summed E-state index contributed by atoms with van der Waals surface area (Å²) in [5.74, 6) is -0.147. The monoisotopic (exact) mass is 974 g/mol. The van der Waals surface area contributed by atoms with Crippen molar-refractivity contribution in [1.29, 1.82) is 0 Å². The third-order valence-electron chi connectivity index (χ3n) is 13.9. The van der Waals surface area contributed by atoms with Crippen molar-refractivity contribution in [3.05, 3.63) is 48.6 Å². The van der Waals surface area contributed by atoms with Crippen LogP contribution < -0.4 is 5.32 Å². The van der Waals surface area contributed by atoms with Gasteiger partial charge in [-0.2, -0.15) is 0 Å². The minimum absolute atomic E-state index is 0.137. The molecule has 1 rings (SSSR count). The maximum atomic E-state index is 12.9. The number of ether oxygens (including phenoxy) is 2. The van der Waals surface area contributed by atoms with Crippen molar-refractivity contribution in [3.8, 4) is 0 Å². The number of carbonyl (C=O) groups excluding carboxylic acids is 1. The standard InChI is InChI=1S/C60H111NO8/c1-3-5-7-9-10-11-12-13-14-15-16-17-18-19-20-21-22-23-24-25-26-27-28-29-30-31-32-33-34-35-36-37-38-39-40-41-42-43-44-46-48-50-56(64)61-53(54(63)49-47-45-8-6-4-2)52-68-60-59(67)58(66)57(65)55(51-62)69-60/h5,7,10-11,13-14,16-17,53-55,57-60,62-63,65-67H,3-4,6,8-9,12,15,18-52H2,1-2H3,(H,61,64)/b7-5-,11-10-,14-13-,17-16-. The van der Waals surface area contributed by atoms with E-state index in [0.717, 1.165) is 77.0 Å². The molecular formula is C60H111NO8. The van der Waals surface area contributed by atoms with Gasteiger partial charge in [-0.25, -0.2) is 0 Å². The minimum Gasteiger partial charge on any atom is -0.394 e. The Morgan fingerprint density at radius 3 is 1.33 bits per heavy atom. The van der Waals surface area contributed by atoms with E-state index in [1.54, 1.807) is 0 Å². The maximum absolute atomic E-state index is 12.9. The summed E-state index contributed by atoms with van der Waals surface area (Å²) in [5.41, 5.74) is 0. The second-order valence-electron chi connectivity index (χ2n) is 20.4. The van der Waals surface area contributed by atoms with E-state index in [-0.39, 0.29) is 12.5 Å². The topological polar surface area (TPSA) is 149 Å². The predicted molar refractivity (Wildman–Crippen MR) is 290 cm³/mol. The van der Waals surface area contributed by atoms with Gasteiger partial charge in [0.2, 0.25) is 5.91 Å². The molecule has 0 aromatic rings. The average molecular weight is 975 g/mol. The Kier molecular flexibility index (Phi) is 47.0. The van der Waals surface area contributed by atoms with Crippen LogP contribution in [0.5, 0.6) is 0 Å². The summed E-state index contributed by atoms with van der Waals surface area (Å²) in [6.45, 7) is 3.64. The van der Waals surface area contributed by atoms with E-state index < -0.39 is 49.5 Å². The summed E-state index contributed by atoms with van der Waals surface area (Å²) in [4.78, 5) is 12.9. The first-order valence-electron chi connectivity index (χ1n) is 29.3. The lowest BCUT2D eigenvalue weighted by Gasteiger charge is -2.40. The normalized spacial score (nSPS) is 19.8. The van der Waals surface area contributed by atoms with Crippen LogP contribution in [-0.2, 0) is 14.3 Å². The van der Waals surface area contributed by atoms with Crippen LogP contribution in [0.1, 0.15) is 271 Å². The van der Waals surface area contributed by atoms with Crippen molar-refractivity contribution in [2.24, 2.45) is 0 Å². The number of hydrogen-bond donors (Lipinski definition) is 6. The Bertz CT molecular complexity index is 1220. The van der Waals surface area contributed by atoms with E-state index in [0.29, 0.717) is 12.8 Å². The zero-order valence-corrected chi connectivity index (χ0v) is 44.8. The molecule has 0 aromatic heterocycles. The Labute approximate surface area is 424 Å². The summed E-state index contributed by atoms with van der Waals surface area (Å²) >= 11 is 0. The van der Waals surface area contributed by atoms with Crippen LogP contribution >= 0.6 is 0 Å². The fourth-order valence-corrected chi connectivity index (χ4v) is 9.33. The molecule has 6 N–H and O–H groups in total. The van der Waals surface area contributed by atoms with E-state index in [1.165, 1.54) is 167 Å². The van der Waals surface area contributed by atoms with E-state index in [4.69, 9.17) is 9.47 Å². The lowest BCUT2D eigenvalue weighted by molar-refractivity contribution is -0.302. The second kappa shape index (κ2) is 49.7. The van der Waals surface area contributed by atoms with Crippen molar-refractivity contribution < 1.29 is 39.8 Å². The summed E-state index contributed by atoms with van der Waals surface area (Å²) in [5, 5.41) is 54.0. The summed E-state index contributed by atoms with van der Waals surface area (Å²) in [6, 6.07) is -0.712. The second-order valence-corrected chi connectivity index (χ2v) is 20.4. The van der Waals surface area contributed by atoms with Gasteiger partial charge < -0.3 is 40.3 Å². The van der Waals surface area contributed by atoms with Crippen molar-refractivity contribution in [2.45, 2.75) is 314 Å². The maximum Gasteiger partial charge on any atom is 0.220 e. The molecule has 7 atom stereocenters. The van der Waals surface area contributed by atoms with Gasteiger partial charge >= 0.3 is 0 Å². The number of rotatable bonds is 50. The molecule has 0 bridgehead atoms. The van der Waals surface area contributed by atoms with Crippen LogP contribution in [0.25, 0.3) is 0 Å². The van der Waals surface area contributed by atoms with Gasteiger partial charge in [-0.05, 0) is 51.4 Å². The third-order valence-corrected chi connectivity index (χ3v) is 13.9. The highest BCUT2D eigenvalue weighted by Crippen LogP contribution is 2.23. The summed E-state index contributed by atoms with van der Waals surface area (Å²) < 4.78 is 11.2. The van der Waals surface area contributed by atoms with Gasteiger partial charge in [0.15, 0.2) is 6.29 Å². The number of amides is 1. The van der Waals surface area contributed by atoms with Gasteiger partial charge in [0.1, 0.15) is 24.4 Å². The highest BCUT2D eigenvalue weighted by Gasteiger charge is 2.44. The van der Waals surface area contributed by atoms with Gasteiger partial charge in [-0.1, -0.05) is 262 Å². The van der Waals surface area contributed by atoms with E-state index in [1.807, 2.05) is 0 Å². The average Bonchev–Trinajstić information content (AvgIpc) is 3.35. The number of hydrogen-bond acceptors (Lipinski definition) is 8. The highest BCUT2D eigenvalue weighted by atomic mass is 16.7. The first-order chi connectivity index (χ1) is 33.8. The van der Waals surface area contributed by atoms with Crippen molar-refractivity contribution >= 4 is 5.91 Å². The summed E-state index contributed by atoms with van der Waals surface area (Å²) in [7, 11) is 0. The fourth-order valence-electron chi connectivity index (χ4n) is 9.33. The van der Waals surface area contributed by atoms with Crippen LogP contribution in [-0.4, -0.2) is 87.5 Å². The van der Waals surface area contributed by atoms with Crippen LogP contribution in [0, 0.1) is 0 Å². The Morgan fingerprint density at radius 1 is 0.507 bits per heavy atom. The lowest BCUT2D eigenvalue weighted by Crippen LogP contribution is -2.60. The Morgan fingerprint density at radius 2 is 0.899 bits per heavy atom. The molecule has 404 valence electrons. The predicted octanol–water partition coefficient (Wildman–Crippen LogP) is 14.5. The number of aliphatic hydroxyl groups is 5. The van der Waals surface area contributed by atoms with Crippen molar-refractivity contribution in [1.82, 2.24) is 5.32 Å². The molecule has 1 aliphatic heterocycles. The molecule has 69 heavy (non-hydrogen) atoms. The molecular weight excluding hydrogens is 863 g/mol. The smallest absolute Gasteiger partial charge is 0.220 e. The molecule has 1 aliphatic rings. The van der Waals surface area contributed by atoms with Crippen molar-refractivity contribution in [3.63, 3.8) is 0 Å². The molecule has 1 amide bonds. The largest absolute Gasteiger partial charge is 0.394 e. The first-order valence-corrected chi connectivity index (χ1v) is 29.3. The zero-order chi connectivity index (χ0) is 50.1. The number of nitrogens with one attached hydrogen (secondary N) is 1. The molecule has 0 aromatic carbocycles. The Hall–Kier alpha value is -1.85. The molecule has 0 saturated carbocycles. The first kappa shape index (κ1) is 65.2. The number of carbonyl (C=O) groups is 1. The fraction of sp³-hybridized carbons (Fsp3) is 0.850. The SMILES string of the molecule is CC/C=C\C/C=C\C/C=C\C/C=C\CCCCCCCCCCCCCCCCCCCCCCCCCCCCCCC(=O)NC(COC1OC(CO)C(O)C(O)C1O)C(O)CCCCCCC. The number of allylic oxidation sites excluding steroid dienone is 8. The number of unbranched alkanes of at least 4 members (excludes halogenated alkanes) is 32. The van der Waals surface area contributed by atoms with Gasteiger partial charge in [-0.3, -0.25) is 4.79 Å². The van der Waals surface area contributed by atoms with Gasteiger partial charge in [0, 0.05) is 6.42 Å². The molecule has 0 radical (unpaired) electrons. The Balaban J connectivity index is 1.90. The molecule has 0 spiro atoms. The molecule has 1 fully saturated rings.